The van der Waals surface area contributed by atoms with Crippen molar-refractivity contribution < 1.29 is 14.7 Å². The maximum absolute atomic E-state index is 14.8. The molecule has 2 aromatic carbocycles. The first-order chi connectivity index (χ1) is 21.5. The Morgan fingerprint density at radius 1 is 1.09 bits per heavy atom. The summed E-state index contributed by atoms with van der Waals surface area (Å²) in [5.41, 5.74) is 4.63. The van der Waals surface area contributed by atoms with Crippen LogP contribution >= 0.6 is 22.9 Å². The van der Waals surface area contributed by atoms with Crippen molar-refractivity contribution in [3.63, 3.8) is 0 Å². The molecule has 1 fully saturated rings. The summed E-state index contributed by atoms with van der Waals surface area (Å²) in [4.78, 5) is 48.0. The zero-order valence-corrected chi connectivity index (χ0v) is 28.1. The van der Waals surface area contributed by atoms with Gasteiger partial charge in [-0.05, 0) is 74.3 Å². The van der Waals surface area contributed by atoms with E-state index in [1.165, 1.54) is 11.3 Å². The van der Waals surface area contributed by atoms with Gasteiger partial charge in [-0.3, -0.25) is 19.0 Å². The summed E-state index contributed by atoms with van der Waals surface area (Å²) in [6, 6.07) is 15.2. The van der Waals surface area contributed by atoms with Crippen LogP contribution in [0.25, 0.3) is 27.5 Å². The Morgan fingerprint density at radius 2 is 1.76 bits per heavy atom. The number of carboxylic acid groups (broad SMARTS) is 1. The van der Waals surface area contributed by atoms with Crippen LogP contribution in [0.5, 0.6) is 0 Å². The van der Waals surface area contributed by atoms with E-state index < -0.39 is 11.4 Å². The lowest BCUT2D eigenvalue weighted by molar-refractivity contribution is -0.150. The summed E-state index contributed by atoms with van der Waals surface area (Å²) in [6.07, 6.45) is 3.02. The third-order valence-electron chi connectivity index (χ3n) is 8.70. The second-order valence-electron chi connectivity index (χ2n) is 12.5. The number of thiazole rings is 1. The molecule has 7 nitrogen and oxygen atoms in total. The largest absolute Gasteiger partial charge is 0.481 e. The number of aliphatic carboxylic acids is 1. The number of carbonyl (C=O) groups is 2. The molecular weight excluding hydrogens is 606 g/mol. The molecule has 45 heavy (non-hydrogen) atoms. The number of piperidine rings is 1. The number of benzene rings is 2. The number of hydrogen-bond donors (Lipinski definition) is 1. The second kappa shape index (κ2) is 13.3. The van der Waals surface area contributed by atoms with Gasteiger partial charge in [-0.1, -0.05) is 69.6 Å². The fourth-order valence-corrected chi connectivity index (χ4v) is 7.19. The number of aryl methyl sites for hydroxylation is 2. The summed E-state index contributed by atoms with van der Waals surface area (Å²) >= 11 is 7.47. The van der Waals surface area contributed by atoms with Crippen LogP contribution in [0, 0.1) is 11.3 Å². The molecule has 2 aromatic heterocycles. The van der Waals surface area contributed by atoms with Crippen molar-refractivity contribution in [2.45, 2.75) is 66.7 Å². The quantitative estimate of drug-likeness (QED) is 0.200. The highest BCUT2D eigenvalue weighted by Crippen LogP contribution is 2.34. The van der Waals surface area contributed by atoms with Crippen LogP contribution in [-0.4, -0.2) is 44.5 Å². The minimum absolute atomic E-state index is 0.112. The van der Waals surface area contributed by atoms with Crippen molar-refractivity contribution in [1.82, 2.24) is 14.5 Å². The van der Waals surface area contributed by atoms with Crippen LogP contribution in [-0.2, 0) is 24.1 Å². The minimum atomic E-state index is -1.03. The van der Waals surface area contributed by atoms with Crippen molar-refractivity contribution >= 4 is 34.8 Å². The molecule has 0 radical (unpaired) electrons. The summed E-state index contributed by atoms with van der Waals surface area (Å²) in [6.45, 7) is 10.6. The molecule has 1 unspecified atom stereocenters. The van der Waals surface area contributed by atoms with Gasteiger partial charge in [0.25, 0.3) is 11.5 Å². The molecule has 1 N–H and O–H groups in total. The standard InChI is InChI=1S/C36H40ClN3O4S/c1-6-23-10-8-11-24(7-2)31(23)40-30(18-22(3)4)27(33(41)39-17-9-16-36(5,21-39)35(43)44)19-28(34(40)42)32-38-29(20-45-32)25-12-14-26(37)15-13-25/h8,10-15,19-20,22H,6-7,9,16-18,21H2,1-5H3,(H,43,44). The number of carboxylic acids is 1. The number of pyridine rings is 1. The lowest BCUT2D eigenvalue weighted by Crippen LogP contribution is -2.49. The van der Waals surface area contributed by atoms with E-state index in [1.807, 2.05) is 35.7 Å². The Morgan fingerprint density at radius 3 is 2.36 bits per heavy atom. The summed E-state index contributed by atoms with van der Waals surface area (Å²) in [5.74, 6) is -1.02. The molecule has 0 saturated carbocycles. The molecule has 1 atom stereocenters. The van der Waals surface area contributed by atoms with Gasteiger partial charge >= 0.3 is 5.97 Å². The van der Waals surface area contributed by atoms with E-state index in [0.717, 1.165) is 22.4 Å². The number of para-hydroxylation sites is 1. The molecule has 4 aromatic rings. The molecular formula is C36H40ClN3O4S. The zero-order chi connectivity index (χ0) is 32.5. The highest BCUT2D eigenvalue weighted by molar-refractivity contribution is 7.13. The van der Waals surface area contributed by atoms with E-state index in [2.05, 4.69) is 27.7 Å². The Labute approximate surface area is 273 Å². The van der Waals surface area contributed by atoms with Gasteiger partial charge < -0.3 is 10.0 Å². The molecule has 1 aliphatic heterocycles. The van der Waals surface area contributed by atoms with Gasteiger partial charge in [-0.15, -0.1) is 11.3 Å². The van der Waals surface area contributed by atoms with E-state index in [1.54, 1.807) is 34.6 Å². The number of rotatable bonds is 9. The van der Waals surface area contributed by atoms with E-state index in [4.69, 9.17) is 16.6 Å². The number of amides is 1. The maximum Gasteiger partial charge on any atom is 0.311 e. The van der Waals surface area contributed by atoms with Crippen LogP contribution in [0.1, 0.15) is 74.6 Å². The third kappa shape index (κ3) is 6.49. The van der Waals surface area contributed by atoms with Gasteiger partial charge in [0.15, 0.2) is 0 Å². The molecule has 0 aliphatic carbocycles. The number of hydrogen-bond acceptors (Lipinski definition) is 5. The van der Waals surface area contributed by atoms with E-state index in [9.17, 15) is 19.5 Å². The lowest BCUT2D eigenvalue weighted by Gasteiger charge is -2.38. The predicted molar refractivity (Wildman–Crippen MR) is 182 cm³/mol. The van der Waals surface area contributed by atoms with Gasteiger partial charge in [-0.25, -0.2) is 4.98 Å². The number of carbonyl (C=O) groups excluding carboxylic acids is 1. The van der Waals surface area contributed by atoms with Crippen LogP contribution in [0.15, 0.2) is 58.7 Å². The fraction of sp³-hybridized carbons (Fsp3) is 0.389. The van der Waals surface area contributed by atoms with Crippen molar-refractivity contribution in [3.05, 3.63) is 91.7 Å². The van der Waals surface area contributed by atoms with E-state index in [0.29, 0.717) is 71.2 Å². The normalized spacial score (nSPS) is 16.7. The number of likely N-dealkylation sites (tertiary alicyclic amines) is 1. The van der Waals surface area contributed by atoms with Gasteiger partial charge in [0, 0.05) is 34.7 Å². The third-order valence-corrected chi connectivity index (χ3v) is 9.83. The van der Waals surface area contributed by atoms with E-state index in [-0.39, 0.29) is 23.9 Å². The summed E-state index contributed by atoms with van der Waals surface area (Å²) < 4.78 is 1.77. The topological polar surface area (TPSA) is 92.5 Å². The molecule has 5 rings (SSSR count). The first kappa shape index (κ1) is 32.6. The van der Waals surface area contributed by atoms with Gasteiger partial charge in [0.2, 0.25) is 0 Å². The lowest BCUT2D eigenvalue weighted by atomic mass is 9.81. The van der Waals surface area contributed by atoms with Gasteiger partial charge in [0.1, 0.15) is 5.01 Å². The van der Waals surface area contributed by atoms with Crippen molar-refractivity contribution in [3.8, 4) is 27.5 Å². The smallest absolute Gasteiger partial charge is 0.311 e. The summed E-state index contributed by atoms with van der Waals surface area (Å²) in [7, 11) is 0. The molecule has 1 saturated heterocycles. The molecule has 9 heteroatoms. The highest BCUT2D eigenvalue weighted by atomic mass is 35.5. The SMILES string of the molecule is CCc1cccc(CC)c1-n1c(CC(C)C)c(C(=O)N2CCCC(C)(C(=O)O)C2)cc(-c2nc(-c3ccc(Cl)cc3)cs2)c1=O. The number of halogens is 1. The maximum atomic E-state index is 14.8. The van der Waals surface area contributed by atoms with Crippen molar-refractivity contribution in [1.29, 1.82) is 0 Å². The minimum Gasteiger partial charge on any atom is -0.481 e. The van der Waals surface area contributed by atoms with Crippen LogP contribution in [0.4, 0.5) is 0 Å². The number of nitrogens with zero attached hydrogens (tertiary/aromatic N) is 3. The van der Waals surface area contributed by atoms with Crippen molar-refractivity contribution in [2.24, 2.45) is 11.3 Å². The second-order valence-corrected chi connectivity index (χ2v) is 13.8. The average Bonchev–Trinajstić information content (AvgIpc) is 3.51. The first-order valence-corrected chi connectivity index (χ1v) is 16.9. The van der Waals surface area contributed by atoms with E-state index >= 15 is 0 Å². The van der Waals surface area contributed by atoms with Crippen LogP contribution in [0.2, 0.25) is 5.02 Å². The Balaban J connectivity index is 1.79. The van der Waals surface area contributed by atoms with Gasteiger partial charge in [0.05, 0.1) is 27.9 Å². The van der Waals surface area contributed by atoms with Gasteiger partial charge in [-0.2, -0.15) is 0 Å². The highest BCUT2D eigenvalue weighted by Gasteiger charge is 2.40. The monoisotopic (exact) mass is 645 g/mol. The number of aromatic nitrogens is 2. The van der Waals surface area contributed by atoms with Crippen LogP contribution < -0.4 is 5.56 Å². The summed E-state index contributed by atoms with van der Waals surface area (Å²) in [5, 5.41) is 13.0. The molecule has 1 amide bonds. The zero-order valence-electron chi connectivity index (χ0n) is 26.5. The molecule has 236 valence electrons. The Kier molecular flexibility index (Phi) is 9.65. The molecule has 3 heterocycles. The molecule has 1 aliphatic rings. The Bertz CT molecular complexity index is 1770. The molecule has 0 spiro atoms. The first-order valence-electron chi connectivity index (χ1n) is 15.6. The average molecular weight is 646 g/mol. The van der Waals surface area contributed by atoms with Crippen LogP contribution in [0.3, 0.4) is 0 Å². The fourth-order valence-electron chi connectivity index (χ4n) is 6.23. The predicted octanol–water partition coefficient (Wildman–Crippen LogP) is 7.93. The molecule has 0 bridgehead atoms. The Hall–Kier alpha value is -3.75. The van der Waals surface area contributed by atoms with Crippen molar-refractivity contribution in [2.75, 3.05) is 13.1 Å².